The molecular weight excluding hydrogens is 320 g/mol. The first kappa shape index (κ1) is 16.6. The van der Waals surface area contributed by atoms with Gasteiger partial charge >= 0.3 is 0 Å². The smallest absolute Gasteiger partial charge is 0.211 e. The van der Waals surface area contributed by atoms with Crippen LogP contribution in [0.25, 0.3) is 10.8 Å². The zero-order valence-electron chi connectivity index (χ0n) is 13.8. The van der Waals surface area contributed by atoms with E-state index in [0.29, 0.717) is 6.54 Å². The molecule has 24 heavy (non-hydrogen) atoms. The molecule has 0 aliphatic rings. The summed E-state index contributed by atoms with van der Waals surface area (Å²) in [6.07, 6.45) is 3.81. The first-order valence-corrected chi connectivity index (χ1v) is 9.60. The molecule has 0 amide bonds. The van der Waals surface area contributed by atoms with Crippen molar-refractivity contribution in [3.8, 4) is 0 Å². The van der Waals surface area contributed by atoms with Crippen LogP contribution in [0.5, 0.6) is 0 Å². The molecule has 0 saturated heterocycles. The van der Waals surface area contributed by atoms with E-state index in [1.807, 2.05) is 48.7 Å². The number of pyridine rings is 1. The summed E-state index contributed by atoms with van der Waals surface area (Å²) >= 11 is 0. The van der Waals surface area contributed by atoms with E-state index >= 15 is 0 Å². The minimum Gasteiger partial charge on any atom is -0.260 e. The summed E-state index contributed by atoms with van der Waals surface area (Å²) in [7, 11) is -1.57. The van der Waals surface area contributed by atoms with Gasteiger partial charge in [-0.15, -0.1) is 0 Å². The van der Waals surface area contributed by atoms with Crippen molar-refractivity contribution in [2.75, 3.05) is 13.3 Å². The van der Waals surface area contributed by atoms with Crippen LogP contribution in [0.1, 0.15) is 16.8 Å². The Morgan fingerprint density at radius 3 is 2.33 bits per heavy atom. The fourth-order valence-corrected chi connectivity index (χ4v) is 3.04. The molecule has 0 aliphatic heterocycles. The van der Waals surface area contributed by atoms with E-state index in [1.165, 1.54) is 21.3 Å². The van der Waals surface area contributed by atoms with Crippen molar-refractivity contribution in [2.24, 2.45) is 0 Å². The number of rotatable bonds is 5. The Balaban J connectivity index is 1.79. The summed E-state index contributed by atoms with van der Waals surface area (Å²) in [4.78, 5) is 4.52. The first-order valence-electron chi connectivity index (χ1n) is 7.75. The number of hydrogen-bond donors (Lipinski definition) is 0. The van der Waals surface area contributed by atoms with Crippen LogP contribution in [0.2, 0.25) is 0 Å². The SMILES string of the molecule is CN(Cc1ccc(Cc2nccc3ccccc23)cc1)S(C)(=O)=O. The molecule has 1 heterocycles. The van der Waals surface area contributed by atoms with Crippen molar-refractivity contribution in [2.45, 2.75) is 13.0 Å². The quantitative estimate of drug-likeness (QED) is 0.716. The van der Waals surface area contributed by atoms with Crippen molar-refractivity contribution in [1.82, 2.24) is 9.29 Å². The van der Waals surface area contributed by atoms with Crippen molar-refractivity contribution in [3.63, 3.8) is 0 Å². The van der Waals surface area contributed by atoms with Crippen molar-refractivity contribution >= 4 is 20.8 Å². The second kappa shape index (κ2) is 6.71. The molecule has 5 heteroatoms. The van der Waals surface area contributed by atoms with Gasteiger partial charge in [-0.1, -0.05) is 48.5 Å². The maximum absolute atomic E-state index is 11.5. The topological polar surface area (TPSA) is 50.3 Å². The molecule has 0 radical (unpaired) electrons. The van der Waals surface area contributed by atoms with Gasteiger partial charge in [-0.05, 0) is 22.6 Å². The van der Waals surface area contributed by atoms with Crippen LogP contribution in [-0.4, -0.2) is 31.0 Å². The van der Waals surface area contributed by atoms with Gasteiger partial charge in [0.05, 0.1) is 11.9 Å². The average molecular weight is 340 g/mol. The van der Waals surface area contributed by atoms with Crippen LogP contribution in [0, 0.1) is 0 Å². The summed E-state index contributed by atoms with van der Waals surface area (Å²) in [5.74, 6) is 0. The monoisotopic (exact) mass is 340 g/mol. The summed E-state index contributed by atoms with van der Waals surface area (Å²) in [5.41, 5.74) is 3.18. The molecule has 0 bridgehead atoms. The van der Waals surface area contributed by atoms with E-state index < -0.39 is 10.0 Å². The van der Waals surface area contributed by atoms with E-state index in [4.69, 9.17) is 0 Å². The first-order chi connectivity index (χ1) is 11.4. The summed E-state index contributed by atoms with van der Waals surface area (Å²) in [6.45, 7) is 0.381. The maximum Gasteiger partial charge on any atom is 0.211 e. The number of sulfonamides is 1. The van der Waals surface area contributed by atoms with E-state index in [0.717, 1.165) is 23.2 Å². The number of fused-ring (bicyclic) bond motifs is 1. The normalized spacial score (nSPS) is 12.0. The third-order valence-electron chi connectivity index (χ3n) is 4.12. The van der Waals surface area contributed by atoms with Gasteiger partial charge in [0, 0.05) is 31.6 Å². The van der Waals surface area contributed by atoms with Crippen molar-refractivity contribution < 1.29 is 8.42 Å². The molecular formula is C19H20N2O2S. The highest BCUT2D eigenvalue weighted by atomic mass is 32.2. The molecule has 124 valence electrons. The molecule has 2 aromatic carbocycles. The van der Waals surface area contributed by atoms with Gasteiger partial charge < -0.3 is 0 Å². The molecule has 0 fully saturated rings. The number of benzene rings is 2. The maximum atomic E-state index is 11.5. The van der Waals surface area contributed by atoms with Gasteiger partial charge in [-0.3, -0.25) is 4.98 Å². The molecule has 3 aromatic rings. The highest BCUT2D eigenvalue weighted by molar-refractivity contribution is 7.88. The fourth-order valence-electron chi connectivity index (χ4n) is 2.65. The molecule has 1 aromatic heterocycles. The predicted molar refractivity (Wildman–Crippen MR) is 97.3 cm³/mol. The predicted octanol–water partition coefficient (Wildman–Crippen LogP) is 3.22. The van der Waals surface area contributed by atoms with Gasteiger partial charge in [0.25, 0.3) is 0 Å². The highest BCUT2D eigenvalue weighted by Gasteiger charge is 2.11. The number of aromatic nitrogens is 1. The summed E-state index contributed by atoms with van der Waals surface area (Å²) in [6, 6.07) is 18.3. The van der Waals surface area contributed by atoms with Gasteiger partial charge in [0.1, 0.15) is 0 Å². The van der Waals surface area contributed by atoms with Gasteiger partial charge in [-0.25, -0.2) is 12.7 Å². The van der Waals surface area contributed by atoms with Gasteiger partial charge in [0.2, 0.25) is 10.0 Å². The van der Waals surface area contributed by atoms with Crippen LogP contribution in [0.15, 0.2) is 60.8 Å². The van der Waals surface area contributed by atoms with E-state index in [9.17, 15) is 8.42 Å². The highest BCUT2D eigenvalue weighted by Crippen LogP contribution is 2.19. The van der Waals surface area contributed by atoms with E-state index in [1.54, 1.807) is 7.05 Å². The summed E-state index contributed by atoms with van der Waals surface area (Å²) < 4.78 is 24.3. The molecule has 3 rings (SSSR count). The second-order valence-electron chi connectivity index (χ2n) is 5.99. The van der Waals surface area contributed by atoms with Crippen LogP contribution < -0.4 is 0 Å². The lowest BCUT2D eigenvalue weighted by atomic mass is 10.0. The van der Waals surface area contributed by atoms with Crippen molar-refractivity contribution in [3.05, 3.63) is 77.6 Å². The molecule has 0 unspecified atom stereocenters. The molecule has 0 aliphatic carbocycles. The van der Waals surface area contributed by atoms with Crippen LogP contribution in [0.3, 0.4) is 0 Å². The third kappa shape index (κ3) is 3.80. The number of hydrogen-bond acceptors (Lipinski definition) is 3. The molecule has 0 atom stereocenters. The zero-order chi connectivity index (χ0) is 17.2. The minimum atomic E-state index is -3.16. The Morgan fingerprint density at radius 2 is 1.62 bits per heavy atom. The lowest BCUT2D eigenvalue weighted by Gasteiger charge is -2.14. The Morgan fingerprint density at radius 1 is 0.958 bits per heavy atom. The Kier molecular flexibility index (Phi) is 4.64. The Bertz CT molecular complexity index is 945. The summed E-state index contributed by atoms with van der Waals surface area (Å²) in [5, 5.41) is 2.36. The fraction of sp³-hybridized carbons (Fsp3) is 0.211. The lowest BCUT2D eigenvalue weighted by molar-refractivity contribution is 0.472. The van der Waals surface area contributed by atoms with E-state index in [2.05, 4.69) is 17.1 Å². The average Bonchev–Trinajstić information content (AvgIpc) is 2.56. The Labute approximate surface area is 142 Å². The second-order valence-corrected chi connectivity index (χ2v) is 8.08. The number of nitrogens with zero attached hydrogens (tertiary/aromatic N) is 2. The van der Waals surface area contributed by atoms with Crippen LogP contribution >= 0.6 is 0 Å². The van der Waals surface area contributed by atoms with Crippen LogP contribution in [0.4, 0.5) is 0 Å². The van der Waals surface area contributed by atoms with Crippen LogP contribution in [-0.2, 0) is 23.0 Å². The van der Waals surface area contributed by atoms with Gasteiger partial charge in [0.15, 0.2) is 0 Å². The molecule has 4 nitrogen and oxygen atoms in total. The standard InChI is InChI=1S/C19H20N2O2S/c1-21(24(2,22)23)14-16-9-7-15(8-10-16)13-19-18-6-4-3-5-17(18)11-12-20-19/h3-12H,13-14H2,1-2H3. The van der Waals surface area contributed by atoms with Crippen molar-refractivity contribution in [1.29, 1.82) is 0 Å². The Hall–Kier alpha value is -2.24. The molecule has 0 spiro atoms. The lowest BCUT2D eigenvalue weighted by Crippen LogP contribution is -2.24. The largest absolute Gasteiger partial charge is 0.260 e. The third-order valence-corrected chi connectivity index (χ3v) is 5.38. The minimum absolute atomic E-state index is 0.381. The molecule has 0 N–H and O–H groups in total. The van der Waals surface area contributed by atoms with E-state index in [-0.39, 0.29) is 0 Å². The zero-order valence-corrected chi connectivity index (χ0v) is 14.6. The molecule has 0 saturated carbocycles. The van der Waals surface area contributed by atoms with Gasteiger partial charge in [-0.2, -0.15) is 0 Å².